The highest BCUT2D eigenvalue weighted by atomic mass is 32.2. The van der Waals surface area contributed by atoms with Crippen molar-refractivity contribution in [3.05, 3.63) is 34.6 Å². The van der Waals surface area contributed by atoms with Gasteiger partial charge < -0.3 is 14.1 Å². The third-order valence-corrected chi connectivity index (χ3v) is 2.56. The van der Waals surface area contributed by atoms with Gasteiger partial charge in [-0.2, -0.15) is 4.98 Å². The summed E-state index contributed by atoms with van der Waals surface area (Å²) < 4.78 is 9.83. The van der Waals surface area contributed by atoms with Crippen LogP contribution in [0.1, 0.15) is 17.4 Å². The van der Waals surface area contributed by atoms with Crippen molar-refractivity contribution >= 4 is 17.7 Å². The molecule has 18 heavy (non-hydrogen) atoms. The average molecular weight is 267 g/mol. The van der Waals surface area contributed by atoms with Crippen molar-refractivity contribution in [3.63, 3.8) is 0 Å². The summed E-state index contributed by atoms with van der Waals surface area (Å²) in [5.74, 6) is -0.553. The SMILES string of the molecule is CCOC(=O)c1coc(Sc2nccc(=O)[nH]2)n1. The molecular formula is C10H9N3O4S. The van der Waals surface area contributed by atoms with Crippen LogP contribution >= 0.6 is 11.8 Å². The first kappa shape index (κ1) is 12.4. The van der Waals surface area contributed by atoms with Crippen molar-refractivity contribution in [2.75, 3.05) is 6.61 Å². The van der Waals surface area contributed by atoms with Gasteiger partial charge in [-0.3, -0.25) is 4.79 Å². The summed E-state index contributed by atoms with van der Waals surface area (Å²) in [4.78, 5) is 32.7. The lowest BCUT2D eigenvalue weighted by molar-refractivity contribution is 0.0519. The molecule has 0 aliphatic heterocycles. The number of aromatic amines is 1. The lowest BCUT2D eigenvalue weighted by Gasteiger charge is -1.95. The van der Waals surface area contributed by atoms with Gasteiger partial charge in [0.1, 0.15) is 6.26 Å². The van der Waals surface area contributed by atoms with Crippen molar-refractivity contribution in [2.24, 2.45) is 0 Å². The van der Waals surface area contributed by atoms with E-state index in [1.165, 1.54) is 18.5 Å². The zero-order valence-electron chi connectivity index (χ0n) is 9.37. The number of carbonyl (C=O) groups excluding carboxylic acids is 1. The number of aromatic nitrogens is 3. The number of hydrogen-bond donors (Lipinski definition) is 1. The Kier molecular flexibility index (Phi) is 3.78. The van der Waals surface area contributed by atoms with E-state index in [-0.39, 0.29) is 23.1 Å². The molecule has 0 aliphatic rings. The molecule has 1 N–H and O–H groups in total. The molecule has 0 spiro atoms. The Labute approximate surface area is 106 Å². The maximum absolute atomic E-state index is 11.3. The van der Waals surface area contributed by atoms with E-state index in [1.807, 2.05) is 0 Å². The van der Waals surface area contributed by atoms with E-state index in [2.05, 4.69) is 15.0 Å². The summed E-state index contributed by atoms with van der Waals surface area (Å²) in [6.45, 7) is 1.97. The average Bonchev–Trinajstić information content (AvgIpc) is 2.78. The Hall–Kier alpha value is -2.09. The standard InChI is InChI=1S/C10H9N3O4S/c1-2-16-8(15)6-5-17-10(12-6)18-9-11-4-3-7(14)13-9/h3-5H,2H2,1H3,(H,11,13,14). The molecule has 7 nitrogen and oxygen atoms in total. The molecule has 0 unspecified atom stereocenters. The largest absolute Gasteiger partial charge is 0.461 e. The molecule has 2 rings (SSSR count). The summed E-state index contributed by atoms with van der Waals surface area (Å²) in [5.41, 5.74) is -0.192. The number of H-pyrrole nitrogens is 1. The highest BCUT2D eigenvalue weighted by Crippen LogP contribution is 2.22. The number of oxazole rings is 1. The van der Waals surface area contributed by atoms with Gasteiger partial charge in [-0.15, -0.1) is 0 Å². The van der Waals surface area contributed by atoms with Gasteiger partial charge in [-0.05, 0) is 6.92 Å². The molecule has 0 saturated heterocycles. The Balaban J connectivity index is 2.11. The van der Waals surface area contributed by atoms with E-state index in [0.717, 1.165) is 11.8 Å². The number of nitrogens with one attached hydrogen (secondary N) is 1. The van der Waals surface area contributed by atoms with Crippen molar-refractivity contribution < 1.29 is 13.9 Å². The van der Waals surface area contributed by atoms with Crippen molar-refractivity contribution in [1.82, 2.24) is 15.0 Å². The summed E-state index contributed by atoms with van der Waals surface area (Å²) >= 11 is 1.01. The van der Waals surface area contributed by atoms with Crippen molar-refractivity contribution in [3.8, 4) is 0 Å². The summed E-state index contributed by atoms with van der Waals surface area (Å²) in [5, 5.41) is 0.534. The highest BCUT2D eigenvalue weighted by Gasteiger charge is 2.14. The predicted octanol–water partition coefficient (Wildman–Crippen LogP) is 1.09. The summed E-state index contributed by atoms with van der Waals surface area (Å²) in [6, 6.07) is 1.30. The molecule has 0 bridgehead atoms. The van der Waals surface area contributed by atoms with E-state index in [4.69, 9.17) is 9.15 Å². The van der Waals surface area contributed by atoms with Gasteiger partial charge >= 0.3 is 5.97 Å². The fourth-order valence-electron chi connectivity index (χ4n) is 1.09. The second-order valence-electron chi connectivity index (χ2n) is 3.06. The minimum Gasteiger partial charge on any atom is -0.461 e. The first-order valence-corrected chi connectivity index (χ1v) is 5.86. The molecule has 2 aromatic heterocycles. The van der Waals surface area contributed by atoms with Gasteiger partial charge in [-0.25, -0.2) is 9.78 Å². The van der Waals surface area contributed by atoms with Crippen LogP contribution in [0.25, 0.3) is 0 Å². The molecule has 0 aliphatic carbocycles. The van der Waals surface area contributed by atoms with Crippen molar-refractivity contribution in [1.29, 1.82) is 0 Å². The van der Waals surface area contributed by atoms with E-state index >= 15 is 0 Å². The molecule has 94 valence electrons. The molecule has 0 amide bonds. The predicted molar refractivity (Wildman–Crippen MR) is 61.4 cm³/mol. The highest BCUT2D eigenvalue weighted by molar-refractivity contribution is 7.98. The Morgan fingerprint density at radius 1 is 1.61 bits per heavy atom. The fourth-order valence-corrected chi connectivity index (χ4v) is 1.76. The molecule has 2 aromatic rings. The molecule has 0 fully saturated rings. The molecule has 0 atom stereocenters. The second-order valence-corrected chi connectivity index (χ2v) is 4.00. The molecule has 0 saturated carbocycles. The number of hydrogen-bond acceptors (Lipinski definition) is 7. The van der Waals surface area contributed by atoms with Gasteiger partial charge in [0.15, 0.2) is 10.9 Å². The molecule has 0 aromatic carbocycles. The fraction of sp³-hybridized carbons (Fsp3) is 0.200. The van der Waals surface area contributed by atoms with Crippen LogP contribution in [0.5, 0.6) is 0 Å². The van der Waals surface area contributed by atoms with E-state index in [0.29, 0.717) is 5.16 Å². The van der Waals surface area contributed by atoms with Crippen LogP contribution in [0, 0.1) is 0 Å². The Morgan fingerprint density at radius 3 is 3.17 bits per heavy atom. The molecule has 8 heteroatoms. The quantitative estimate of drug-likeness (QED) is 0.653. The number of rotatable bonds is 4. The van der Waals surface area contributed by atoms with Crippen molar-refractivity contribution in [2.45, 2.75) is 17.3 Å². The number of esters is 1. The van der Waals surface area contributed by atoms with Crippen LogP contribution in [0.2, 0.25) is 0 Å². The minimum absolute atomic E-state index is 0.0811. The summed E-state index contributed by atoms with van der Waals surface area (Å²) in [7, 11) is 0. The number of nitrogens with zero attached hydrogens (tertiary/aromatic N) is 2. The van der Waals surface area contributed by atoms with Crippen LogP contribution in [0.15, 0.2) is 38.1 Å². The number of ether oxygens (including phenoxy) is 1. The monoisotopic (exact) mass is 267 g/mol. The van der Waals surface area contributed by atoms with Gasteiger partial charge in [0, 0.05) is 24.0 Å². The topological polar surface area (TPSA) is 98.1 Å². The first-order chi connectivity index (χ1) is 8.69. The van der Waals surface area contributed by atoms with E-state index in [1.54, 1.807) is 6.92 Å². The lowest BCUT2D eigenvalue weighted by atomic mass is 10.5. The zero-order valence-corrected chi connectivity index (χ0v) is 10.2. The molecule has 0 radical (unpaired) electrons. The molecule has 2 heterocycles. The Bertz CT molecular complexity index is 607. The van der Waals surface area contributed by atoms with Gasteiger partial charge in [0.05, 0.1) is 6.61 Å². The number of carbonyl (C=O) groups is 1. The maximum atomic E-state index is 11.3. The van der Waals surface area contributed by atoms with Gasteiger partial charge in [0.2, 0.25) is 0 Å². The first-order valence-electron chi connectivity index (χ1n) is 5.05. The summed E-state index contributed by atoms with van der Waals surface area (Å²) in [6.07, 6.45) is 2.57. The second kappa shape index (κ2) is 5.50. The third kappa shape index (κ3) is 2.98. The van der Waals surface area contributed by atoms with E-state index < -0.39 is 5.97 Å². The Morgan fingerprint density at radius 2 is 2.44 bits per heavy atom. The minimum atomic E-state index is -0.553. The van der Waals surface area contributed by atoms with E-state index in [9.17, 15) is 9.59 Å². The normalized spacial score (nSPS) is 10.3. The zero-order chi connectivity index (χ0) is 13.0. The third-order valence-electron chi connectivity index (χ3n) is 1.80. The van der Waals surface area contributed by atoms with Gasteiger partial charge in [-0.1, -0.05) is 0 Å². The smallest absolute Gasteiger partial charge is 0.360 e. The lowest BCUT2D eigenvalue weighted by Crippen LogP contribution is -2.05. The van der Waals surface area contributed by atoms with Crippen LogP contribution in [0.4, 0.5) is 0 Å². The maximum Gasteiger partial charge on any atom is 0.360 e. The van der Waals surface area contributed by atoms with Crippen LogP contribution in [-0.2, 0) is 4.74 Å². The van der Waals surface area contributed by atoms with Gasteiger partial charge in [0.25, 0.3) is 10.8 Å². The van der Waals surface area contributed by atoms with Crippen LogP contribution in [-0.4, -0.2) is 27.5 Å². The van der Waals surface area contributed by atoms with Crippen LogP contribution < -0.4 is 5.56 Å². The molecular weight excluding hydrogens is 258 g/mol. The van der Waals surface area contributed by atoms with Crippen LogP contribution in [0.3, 0.4) is 0 Å².